The summed E-state index contributed by atoms with van der Waals surface area (Å²) in [5.74, 6) is 0. The van der Waals surface area contributed by atoms with Crippen molar-refractivity contribution >= 4 is 8.80 Å². The zero-order chi connectivity index (χ0) is 13.7. The molecular weight excluding hydrogens is 244 g/mol. The van der Waals surface area contributed by atoms with Gasteiger partial charge in [0.1, 0.15) is 0 Å². The molecule has 0 N–H and O–H groups in total. The van der Waals surface area contributed by atoms with Crippen molar-refractivity contribution in [3.63, 3.8) is 0 Å². The molecule has 18 heavy (non-hydrogen) atoms. The molecule has 0 heterocycles. The molecule has 0 saturated heterocycles. The monoisotopic (exact) mass is 274 g/mol. The molecule has 0 fully saturated rings. The first kappa shape index (κ1) is 17.8. The summed E-state index contributed by atoms with van der Waals surface area (Å²) in [6.07, 6.45) is 9.03. The Morgan fingerprint density at radius 3 is 1.78 bits per heavy atom. The lowest BCUT2D eigenvalue weighted by Gasteiger charge is -2.28. The van der Waals surface area contributed by atoms with Crippen LogP contribution in [0.1, 0.15) is 53.4 Å². The molecule has 0 aromatic carbocycles. The summed E-state index contributed by atoms with van der Waals surface area (Å²) in [6, 6.07) is 0.933. The Morgan fingerprint density at radius 1 is 0.778 bits per heavy atom. The predicted octanol–water partition coefficient (Wildman–Crippen LogP) is 4.17. The van der Waals surface area contributed by atoms with Gasteiger partial charge in [0.2, 0.25) is 0 Å². The van der Waals surface area contributed by atoms with Crippen LogP contribution in [0.25, 0.3) is 0 Å². The van der Waals surface area contributed by atoms with Gasteiger partial charge in [-0.15, -0.1) is 0 Å². The van der Waals surface area contributed by atoms with Crippen molar-refractivity contribution in [2.75, 3.05) is 19.8 Å². The minimum Gasteiger partial charge on any atom is -0.374 e. The maximum absolute atomic E-state index is 5.81. The van der Waals surface area contributed by atoms with Crippen LogP contribution in [0.5, 0.6) is 0 Å². The van der Waals surface area contributed by atoms with E-state index in [1.165, 1.54) is 6.42 Å². The van der Waals surface area contributed by atoms with Crippen molar-refractivity contribution in [3.05, 3.63) is 12.2 Å². The second kappa shape index (κ2) is 11.9. The highest BCUT2D eigenvalue weighted by Gasteiger charge is 2.39. The van der Waals surface area contributed by atoms with Gasteiger partial charge in [-0.1, -0.05) is 19.1 Å². The van der Waals surface area contributed by atoms with E-state index in [4.69, 9.17) is 13.3 Å². The van der Waals surface area contributed by atoms with Crippen LogP contribution in [-0.2, 0) is 13.3 Å². The standard InChI is InChI=1S/C14H30O3Si/c1-5-9-10-11-12-13-14-18(15-6-2,16-7-3)17-8-4/h9-10H,5-8,11-14H2,1-4H3. The van der Waals surface area contributed by atoms with Gasteiger partial charge in [0, 0.05) is 25.9 Å². The maximum Gasteiger partial charge on any atom is 0.500 e. The molecule has 0 aromatic rings. The van der Waals surface area contributed by atoms with Crippen LogP contribution in [0.15, 0.2) is 12.2 Å². The molecule has 108 valence electrons. The molecular formula is C14H30O3Si. The van der Waals surface area contributed by atoms with Gasteiger partial charge >= 0.3 is 8.80 Å². The summed E-state index contributed by atoms with van der Waals surface area (Å²) < 4.78 is 17.4. The second-order valence-corrected chi connectivity index (χ2v) is 6.84. The summed E-state index contributed by atoms with van der Waals surface area (Å²) in [6.45, 7) is 10.2. The molecule has 0 aliphatic rings. The molecule has 0 bridgehead atoms. The Labute approximate surface area is 114 Å². The van der Waals surface area contributed by atoms with E-state index in [0.717, 1.165) is 25.3 Å². The Morgan fingerprint density at radius 2 is 1.33 bits per heavy atom. The van der Waals surface area contributed by atoms with Crippen LogP contribution < -0.4 is 0 Å². The number of unbranched alkanes of at least 4 members (excludes halogenated alkanes) is 2. The Balaban J connectivity index is 4.08. The van der Waals surface area contributed by atoms with Crippen LogP contribution in [0.3, 0.4) is 0 Å². The smallest absolute Gasteiger partial charge is 0.374 e. The molecule has 0 aliphatic carbocycles. The molecule has 4 heteroatoms. The summed E-state index contributed by atoms with van der Waals surface area (Å²) in [5.41, 5.74) is 0. The molecule has 0 aliphatic heterocycles. The summed E-state index contributed by atoms with van der Waals surface area (Å²) in [5, 5.41) is 0. The van der Waals surface area contributed by atoms with Gasteiger partial charge in [-0.2, -0.15) is 0 Å². The molecule has 0 unspecified atom stereocenters. The summed E-state index contributed by atoms with van der Waals surface area (Å²) >= 11 is 0. The average molecular weight is 274 g/mol. The van der Waals surface area contributed by atoms with Crippen molar-refractivity contribution < 1.29 is 13.3 Å². The van der Waals surface area contributed by atoms with E-state index in [-0.39, 0.29) is 0 Å². The van der Waals surface area contributed by atoms with Crippen LogP contribution in [0.4, 0.5) is 0 Å². The normalized spacial score (nSPS) is 12.4. The van der Waals surface area contributed by atoms with Gasteiger partial charge in [0.15, 0.2) is 0 Å². The van der Waals surface area contributed by atoms with E-state index in [1.807, 2.05) is 20.8 Å². The van der Waals surface area contributed by atoms with Gasteiger partial charge in [-0.25, -0.2) is 0 Å². The predicted molar refractivity (Wildman–Crippen MR) is 78.7 cm³/mol. The molecule has 0 aromatic heterocycles. The third-order valence-corrected chi connectivity index (χ3v) is 5.75. The zero-order valence-electron chi connectivity index (χ0n) is 12.5. The number of hydrogen-bond donors (Lipinski definition) is 0. The first-order valence-electron chi connectivity index (χ1n) is 7.31. The fourth-order valence-corrected chi connectivity index (χ4v) is 4.57. The highest BCUT2D eigenvalue weighted by Crippen LogP contribution is 2.20. The van der Waals surface area contributed by atoms with E-state index in [0.29, 0.717) is 19.8 Å². The Kier molecular flexibility index (Phi) is 11.8. The molecule has 0 amide bonds. The molecule has 0 spiro atoms. The largest absolute Gasteiger partial charge is 0.500 e. The van der Waals surface area contributed by atoms with Crippen LogP contribution in [0, 0.1) is 0 Å². The minimum absolute atomic E-state index is 0.669. The van der Waals surface area contributed by atoms with Crippen LogP contribution in [-0.4, -0.2) is 28.6 Å². The lowest BCUT2D eigenvalue weighted by Crippen LogP contribution is -2.45. The number of rotatable bonds is 12. The zero-order valence-corrected chi connectivity index (χ0v) is 13.5. The van der Waals surface area contributed by atoms with E-state index < -0.39 is 8.80 Å². The maximum atomic E-state index is 5.81. The molecule has 0 radical (unpaired) electrons. The third kappa shape index (κ3) is 8.03. The summed E-state index contributed by atoms with van der Waals surface area (Å²) in [7, 11) is -2.39. The molecule has 0 rings (SSSR count). The molecule has 0 atom stereocenters. The van der Waals surface area contributed by atoms with Crippen molar-refractivity contribution in [3.8, 4) is 0 Å². The van der Waals surface area contributed by atoms with Crippen molar-refractivity contribution in [2.45, 2.75) is 59.4 Å². The van der Waals surface area contributed by atoms with Gasteiger partial charge in [-0.3, -0.25) is 0 Å². The van der Waals surface area contributed by atoms with Gasteiger partial charge in [0.25, 0.3) is 0 Å². The lowest BCUT2D eigenvalue weighted by atomic mass is 10.2. The van der Waals surface area contributed by atoms with Crippen molar-refractivity contribution in [1.82, 2.24) is 0 Å². The quantitative estimate of drug-likeness (QED) is 0.304. The second-order valence-electron chi connectivity index (χ2n) is 4.11. The topological polar surface area (TPSA) is 27.7 Å². The number of allylic oxidation sites excluding steroid dienone is 2. The minimum atomic E-state index is -2.39. The Hall–Kier alpha value is -0.163. The van der Waals surface area contributed by atoms with Crippen LogP contribution in [0.2, 0.25) is 6.04 Å². The van der Waals surface area contributed by atoms with Crippen LogP contribution >= 0.6 is 0 Å². The average Bonchev–Trinajstić information content (AvgIpc) is 2.35. The lowest BCUT2D eigenvalue weighted by molar-refractivity contribution is 0.0707. The van der Waals surface area contributed by atoms with E-state index in [2.05, 4.69) is 19.1 Å². The SMILES string of the molecule is CCC=CCCCC[Si](OCC)(OCC)OCC. The first-order chi connectivity index (χ1) is 8.74. The highest BCUT2D eigenvalue weighted by molar-refractivity contribution is 6.60. The van der Waals surface area contributed by atoms with Gasteiger partial charge < -0.3 is 13.3 Å². The number of hydrogen-bond acceptors (Lipinski definition) is 3. The van der Waals surface area contributed by atoms with E-state index in [9.17, 15) is 0 Å². The van der Waals surface area contributed by atoms with Crippen molar-refractivity contribution in [1.29, 1.82) is 0 Å². The fourth-order valence-electron chi connectivity index (χ4n) is 1.89. The highest BCUT2D eigenvalue weighted by atomic mass is 28.4. The molecule has 3 nitrogen and oxygen atoms in total. The van der Waals surface area contributed by atoms with E-state index in [1.54, 1.807) is 0 Å². The van der Waals surface area contributed by atoms with E-state index >= 15 is 0 Å². The van der Waals surface area contributed by atoms with Gasteiger partial charge in [0.05, 0.1) is 0 Å². The third-order valence-electron chi connectivity index (χ3n) is 2.60. The fraction of sp³-hybridized carbons (Fsp3) is 0.857. The van der Waals surface area contributed by atoms with Crippen molar-refractivity contribution in [2.24, 2.45) is 0 Å². The molecule has 0 saturated carbocycles. The first-order valence-corrected chi connectivity index (χ1v) is 9.24. The van der Waals surface area contributed by atoms with Gasteiger partial charge in [-0.05, 0) is 46.5 Å². The Bertz CT molecular complexity index is 190. The summed E-state index contributed by atoms with van der Waals surface area (Å²) in [4.78, 5) is 0.